The summed E-state index contributed by atoms with van der Waals surface area (Å²) in [6.45, 7) is 5.73. The van der Waals surface area contributed by atoms with E-state index in [2.05, 4.69) is 5.32 Å². The second-order valence-corrected chi connectivity index (χ2v) is 13.0. The number of nitrogens with one attached hydrogen (secondary N) is 1. The number of aromatic hydroxyl groups is 1. The van der Waals surface area contributed by atoms with Gasteiger partial charge in [-0.05, 0) is 26.5 Å². The molecule has 0 saturated heterocycles. The maximum absolute atomic E-state index is 14.0. The van der Waals surface area contributed by atoms with Gasteiger partial charge in [0, 0.05) is 70.0 Å². The molecular formula is C27H36F2N3O7P. The largest absolute Gasteiger partial charge is 0.503 e. The van der Waals surface area contributed by atoms with Gasteiger partial charge in [0.15, 0.2) is 11.5 Å². The van der Waals surface area contributed by atoms with Crippen molar-refractivity contribution in [2.45, 2.75) is 39.4 Å². The number of carbonyl (C=O) groups excluding carboxylic acids is 2. The summed E-state index contributed by atoms with van der Waals surface area (Å²) in [5.74, 6) is -3.88. The highest BCUT2D eigenvalue weighted by Gasteiger charge is 2.49. The van der Waals surface area contributed by atoms with Crippen molar-refractivity contribution >= 4 is 19.1 Å². The van der Waals surface area contributed by atoms with Crippen molar-refractivity contribution in [2.75, 3.05) is 46.7 Å². The van der Waals surface area contributed by atoms with Crippen molar-refractivity contribution in [3.63, 3.8) is 0 Å². The summed E-state index contributed by atoms with van der Waals surface area (Å²) in [6, 6.07) is 2.41. The number of hydrogen-bond acceptors (Lipinski definition) is 8. The molecule has 0 bridgehead atoms. The molecule has 0 saturated carbocycles. The lowest BCUT2D eigenvalue weighted by Crippen LogP contribution is -2.56. The molecular weight excluding hydrogens is 547 g/mol. The maximum atomic E-state index is 14.0. The first-order valence-corrected chi connectivity index (χ1v) is 15.1. The number of methoxy groups -OCH3 is 1. The first kappa shape index (κ1) is 31.6. The predicted octanol–water partition coefficient (Wildman–Crippen LogP) is 3.25. The molecule has 1 aromatic carbocycles. The van der Waals surface area contributed by atoms with Crippen molar-refractivity contribution < 1.29 is 37.3 Å². The van der Waals surface area contributed by atoms with Gasteiger partial charge < -0.3 is 29.2 Å². The summed E-state index contributed by atoms with van der Waals surface area (Å²) in [4.78, 5) is 41.6. The van der Waals surface area contributed by atoms with E-state index < -0.39 is 58.9 Å². The van der Waals surface area contributed by atoms with Crippen LogP contribution < -0.4 is 10.7 Å². The minimum atomic E-state index is -2.86. The number of likely N-dealkylation sites (N-methyl/N-ethyl adjacent to an activating group) is 1. The Morgan fingerprint density at radius 2 is 2.02 bits per heavy atom. The number of aromatic nitrogens is 1. The highest BCUT2D eigenvalue weighted by atomic mass is 31.2. The molecule has 0 radical (unpaired) electrons. The normalized spacial score (nSPS) is 20.3. The highest BCUT2D eigenvalue weighted by Crippen LogP contribution is 2.44. The molecule has 2 heterocycles. The molecule has 3 atom stereocenters. The van der Waals surface area contributed by atoms with Crippen LogP contribution in [0.5, 0.6) is 5.75 Å². The molecule has 220 valence electrons. The minimum Gasteiger partial charge on any atom is -0.503 e. The van der Waals surface area contributed by atoms with E-state index in [9.17, 15) is 32.8 Å². The number of hydrogen-bond donors (Lipinski definition) is 2. The number of nitrogens with zero attached hydrogens (tertiary/aromatic N) is 2. The molecule has 0 fully saturated rings. The van der Waals surface area contributed by atoms with Gasteiger partial charge >= 0.3 is 0 Å². The van der Waals surface area contributed by atoms with E-state index in [1.165, 1.54) is 23.9 Å². The molecule has 2 N–H and O–H groups in total. The van der Waals surface area contributed by atoms with Crippen LogP contribution in [0.1, 0.15) is 46.7 Å². The lowest BCUT2D eigenvalue weighted by molar-refractivity contribution is 0.0295. The average Bonchev–Trinajstić information content (AvgIpc) is 2.89. The number of fused-ring (bicyclic) bond motifs is 1. The van der Waals surface area contributed by atoms with Gasteiger partial charge in [-0.1, -0.05) is 13.0 Å². The Bertz CT molecular complexity index is 1380. The fourth-order valence-corrected chi connectivity index (χ4v) is 6.35. The van der Waals surface area contributed by atoms with Crippen molar-refractivity contribution in [2.24, 2.45) is 5.41 Å². The lowest BCUT2D eigenvalue weighted by atomic mass is 9.71. The summed E-state index contributed by atoms with van der Waals surface area (Å²) in [5, 5.41) is 13.2. The molecule has 1 aromatic heterocycles. The van der Waals surface area contributed by atoms with Crippen molar-refractivity contribution in [1.29, 1.82) is 0 Å². The fraction of sp³-hybridized carbons (Fsp3) is 0.519. The first-order chi connectivity index (χ1) is 18.8. The Hall–Kier alpha value is -2.92. The van der Waals surface area contributed by atoms with Crippen molar-refractivity contribution in [3.8, 4) is 5.75 Å². The van der Waals surface area contributed by atoms with Crippen LogP contribution in [0.25, 0.3) is 0 Å². The summed E-state index contributed by atoms with van der Waals surface area (Å²) < 4.78 is 51.9. The molecule has 0 aliphatic carbocycles. The van der Waals surface area contributed by atoms with E-state index >= 15 is 0 Å². The molecule has 3 rings (SSSR count). The predicted molar refractivity (Wildman–Crippen MR) is 145 cm³/mol. The van der Waals surface area contributed by atoms with Gasteiger partial charge in [0.2, 0.25) is 12.8 Å². The summed E-state index contributed by atoms with van der Waals surface area (Å²) in [6.07, 6.45) is 1.73. The molecule has 2 aromatic rings. The molecule has 40 heavy (non-hydrogen) atoms. The zero-order valence-electron chi connectivity index (χ0n) is 23.3. The number of ether oxygens (including phenoxy) is 1. The molecule has 1 amide bonds. The average molecular weight is 584 g/mol. The lowest BCUT2D eigenvalue weighted by Gasteiger charge is -2.46. The maximum Gasteiger partial charge on any atom is 0.257 e. The Morgan fingerprint density at radius 3 is 2.65 bits per heavy atom. The van der Waals surface area contributed by atoms with Gasteiger partial charge in [-0.15, -0.1) is 0 Å². The summed E-state index contributed by atoms with van der Waals surface area (Å²) >= 11 is 0. The quantitative estimate of drug-likeness (QED) is 0.365. The standard InChI is InChI=1S/C27H36F2N3O7P/c1-6-39-40(5,37)12-10-31(3)21-16-32-15-19(26(36)30-14-17-7-8-18(28)13-20(17)29)23(33)24(34)22(32)25(35)27(21,2)9-11-38-4/h7-8,13,15,21,34H,6,9-12,14,16H2,1-5H3,(H,30,36). The van der Waals surface area contributed by atoms with E-state index in [-0.39, 0.29) is 43.5 Å². The van der Waals surface area contributed by atoms with Gasteiger partial charge in [-0.25, -0.2) is 8.78 Å². The van der Waals surface area contributed by atoms with Crippen LogP contribution in [-0.2, 0) is 26.9 Å². The van der Waals surface area contributed by atoms with Crippen LogP contribution >= 0.6 is 7.37 Å². The fourth-order valence-electron chi connectivity index (χ4n) is 4.99. The molecule has 0 spiro atoms. The van der Waals surface area contributed by atoms with Crippen LogP contribution in [-0.4, -0.2) is 79.0 Å². The van der Waals surface area contributed by atoms with Gasteiger partial charge in [-0.3, -0.25) is 18.9 Å². The number of carbonyl (C=O) groups is 2. The third-order valence-corrected chi connectivity index (χ3v) is 9.23. The first-order valence-electron chi connectivity index (χ1n) is 12.9. The zero-order chi connectivity index (χ0) is 29.8. The second kappa shape index (κ2) is 12.7. The Balaban J connectivity index is 1.95. The SMILES string of the molecule is CCOP(C)(=O)CCN(C)C1Cn2cc(C(=O)NCc3ccc(F)cc3F)c(=O)c(O)c2C(=O)C1(C)CCOC. The van der Waals surface area contributed by atoms with E-state index in [1.807, 2.05) is 4.90 Å². The number of halogens is 2. The third-order valence-electron chi connectivity index (χ3n) is 7.41. The Labute approximate surface area is 231 Å². The Kier molecular flexibility index (Phi) is 10.1. The molecule has 1 aliphatic rings. The molecule has 13 heteroatoms. The minimum absolute atomic E-state index is 0.00285. The monoisotopic (exact) mass is 583 g/mol. The van der Waals surface area contributed by atoms with Crippen LogP contribution in [0.4, 0.5) is 8.78 Å². The molecule has 1 aliphatic heterocycles. The summed E-state index contributed by atoms with van der Waals surface area (Å²) in [7, 11) is 0.432. The molecule has 3 unspecified atom stereocenters. The van der Waals surface area contributed by atoms with E-state index in [1.54, 1.807) is 27.6 Å². The van der Waals surface area contributed by atoms with Crippen LogP contribution in [0.3, 0.4) is 0 Å². The van der Waals surface area contributed by atoms with Gasteiger partial charge in [0.25, 0.3) is 5.91 Å². The van der Waals surface area contributed by atoms with E-state index in [0.29, 0.717) is 19.2 Å². The Morgan fingerprint density at radius 1 is 1.32 bits per heavy atom. The number of benzene rings is 1. The smallest absolute Gasteiger partial charge is 0.257 e. The third kappa shape index (κ3) is 6.68. The van der Waals surface area contributed by atoms with E-state index in [0.717, 1.165) is 6.07 Å². The van der Waals surface area contributed by atoms with Crippen LogP contribution in [0, 0.1) is 17.0 Å². The van der Waals surface area contributed by atoms with Gasteiger partial charge in [0.1, 0.15) is 22.9 Å². The van der Waals surface area contributed by atoms with Crippen LogP contribution in [0.15, 0.2) is 29.2 Å². The van der Waals surface area contributed by atoms with Crippen molar-refractivity contribution in [3.05, 3.63) is 63.1 Å². The summed E-state index contributed by atoms with van der Waals surface area (Å²) in [5.41, 5.74) is -2.77. The van der Waals surface area contributed by atoms with Gasteiger partial charge in [-0.2, -0.15) is 0 Å². The molecule has 10 nitrogen and oxygen atoms in total. The number of Topliss-reactive ketones (excluding diaryl/α,β-unsaturated/α-hetero) is 1. The number of rotatable bonds is 12. The van der Waals surface area contributed by atoms with Crippen molar-refractivity contribution in [1.82, 2.24) is 14.8 Å². The second-order valence-electron chi connectivity index (χ2n) is 10.3. The van der Waals surface area contributed by atoms with Gasteiger partial charge in [0.05, 0.1) is 12.0 Å². The topological polar surface area (TPSA) is 127 Å². The number of ketones is 1. The number of amides is 1. The van der Waals surface area contributed by atoms with Crippen LogP contribution in [0.2, 0.25) is 0 Å². The number of pyridine rings is 1. The highest BCUT2D eigenvalue weighted by molar-refractivity contribution is 7.58. The van der Waals surface area contributed by atoms with E-state index in [4.69, 9.17) is 9.26 Å². The zero-order valence-corrected chi connectivity index (χ0v) is 24.2.